The Morgan fingerprint density at radius 2 is 2.37 bits per heavy atom. The van der Waals surface area contributed by atoms with Gasteiger partial charge in [0.05, 0.1) is 12.9 Å². The molecule has 0 aromatic carbocycles. The summed E-state index contributed by atoms with van der Waals surface area (Å²) >= 11 is 0. The van der Waals surface area contributed by atoms with Crippen LogP contribution in [0.15, 0.2) is 12.7 Å². The molecule has 0 aliphatic carbocycles. The van der Waals surface area contributed by atoms with Gasteiger partial charge in [0.25, 0.3) is 0 Å². The first-order valence-corrected chi connectivity index (χ1v) is 6.85. The molecule has 0 amide bonds. The maximum Gasteiger partial charge on any atom is 0.182 e. The quantitative estimate of drug-likeness (QED) is 0.905. The van der Waals surface area contributed by atoms with E-state index in [1.54, 1.807) is 12.7 Å². The zero-order chi connectivity index (χ0) is 13.1. The van der Waals surface area contributed by atoms with Crippen LogP contribution in [-0.2, 0) is 4.74 Å². The standard InChI is InChI=1S/C13H19N5O/c1-2-19-7-10-4-3-5-18(6-10)13-11-12(15-8-14-11)16-9-17-13/h8-10H,2-7H2,1H3,(H,14,15,16,17). The van der Waals surface area contributed by atoms with Crippen LogP contribution in [0.4, 0.5) is 5.82 Å². The van der Waals surface area contributed by atoms with Crippen molar-refractivity contribution in [2.24, 2.45) is 5.92 Å². The number of imidazole rings is 1. The monoisotopic (exact) mass is 261 g/mol. The van der Waals surface area contributed by atoms with Crippen molar-refractivity contribution in [2.45, 2.75) is 19.8 Å². The highest BCUT2D eigenvalue weighted by Crippen LogP contribution is 2.25. The van der Waals surface area contributed by atoms with Crippen molar-refractivity contribution in [3.05, 3.63) is 12.7 Å². The highest BCUT2D eigenvalue weighted by molar-refractivity contribution is 5.82. The smallest absolute Gasteiger partial charge is 0.182 e. The molecule has 2 aromatic heterocycles. The lowest BCUT2D eigenvalue weighted by Gasteiger charge is -2.33. The molecule has 1 atom stereocenters. The highest BCUT2D eigenvalue weighted by Gasteiger charge is 2.23. The predicted octanol–water partition coefficient (Wildman–Crippen LogP) is 1.61. The molecule has 0 saturated carbocycles. The van der Waals surface area contributed by atoms with Crippen LogP contribution in [0.25, 0.3) is 11.2 Å². The van der Waals surface area contributed by atoms with E-state index in [0.29, 0.717) is 5.92 Å². The molecule has 1 aliphatic heterocycles. The number of aromatic nitrogens is 4. The van der Waals surface area contributed by atoms with Crippen LogP contribution in [0.2, 0.25) is 0 Å². The number of piperidine rings is 1. The molecule has 0 radical (unpaired) electrons. The Kier molecular flexibility index (Phi) is 3.59. The Balaban J connectivity index is 1.79. The molecule has 1 unspecified atom stereocenters. The second-order valence-corrected chi connectivity index (χ2v) is 4.91. The van der Waals surface area contributed by atoms with E-state index in [-0.39, 0.29) is 0 Å². The molecular weight excluding hydrogens is 242 g/mol. The summed E-state index contributed by atoms with van der Waals surface area (Å²) in [6.07, 6.45) is 5.67. The SMILES string of the molecule is CCOCC1CCCN(c2ncnc3nc[nH]c23)C1. The van der Waals surface area contributed by atoms with E-state index < -0.39 is 0 Å². The second kappa shape index (κ2) is 5.52. The lowest BCUT2D eigenvalue weighted by Crippen LogP contribution is -2.37. The first-order valence-electron chi connectivity index (χ1n) is 6.85. The van der Waals surface area contributed by atoms with Gasteiger partial charge >= 0.3 is 0 Å². The molecule has 102 valence electrons. The van der Waals surface area contributed by atoms with Crippen LogP contribution in [0, 0.1) is 5.92 Å². The van der Waals surface area contributed by atoms with Crippen LogP contribution in [-0.4, -0.2) is 46.2 Å². The second-order valence-electron chi connectivity index (χ2n) is 4.91. The topological polar surface area (TPSA) is 66.9 Å². The number of fused-ring (bicyclic) bond motifs is 1. The third-order valence-corrected chi connectivity index (χ3v) is 3.58. The maximum absolute atomic E-state index is 5.55. The van der Waals surface area contributed by atoms with Gasteiger partial charge in [-0.05, 0) is 25.7 Å². The average molecular weight is 261 g/mol. The number of hydrogen-bond acceptors (Lipinski definition) is 5. The Morgan fingerprint density at radius 1 is 1.42 bits per heavy atom. The van der Waals surface area contributed by atoms with E-state index in [2.05, 4.69) is 24.8 Å². The molecule has 0 spiro atoms. The molecule has 3 heterocycles. The zero-order valence-corrected chi connectivity index (χ0v) is 11.2. The maximum atomic E-state index is 5.55. The van der Waals surface area contributed by atoms with Crippen molar-refractivity contribution in [3.8, 4) is 0 Å². The fourth-order valence-electron chi connectivity index (χ4n) is 2.67. The molecule has 0 bridgehead atoms. The number of rotatable bonds is 4. The summed E-state index contributed by atoms with van der Waals surface area (Å²) in [5.41, 5.74) is 1.66. The number of ether oxygens (including phenoxy) is 1. The Bertz CT molecular complexity index is 541. The largest absolute Gasteiger partial charge is 0.381 e. The summed E-state index contributed by atoms with van der Waals surface area (Å²) in [5.74, 6) is 1.55. The number of aromatic amines is 1. The fourth-order valence-corrected chi connectivity index (χ4v) is 2.67. The number of H-pyrrole nitrogens is 1. The number of nitrogens with one attached hydrogen (secondary N) is 1. The summed E-state index contributed by atoms with van der Waals surface area (Å²) in [6, 6.07) is 0. The van der Waals surface area contributed by atoms with E-state index in [9.17, 15) is 0 Å². The number of nitrogens with zero attached hydrogens (tertiary/aromatic N) is 4. The average Bonchev–Trinajstić information content (AvgIpc) is 2.93. The van der Waals surface area contributed by atoms with Crippen molar-refractivity contribution in [3.63, 3.8) is 0 Å². The fraction of sp³-hybridized carbons (Fsp3) is 0.615. The van der Waals surface area contributed by atoms with Gasteiger partial charge in [-0.25, -0.2) is 15.0 Å². The van der Waals surface area contributed by atoms with Gasteiger partial charge in [0.1, 0.15) is 11.8 Å². The molecule has 1 aliphatic rings. The van der Waals surface area contributed by atoms with Gasteiger partial charge in [-0.3, -0.25) is 0 Å². The van der Waals surface area contributed by atoms with E-state index in [4.69, 9.17) is 4.74 Å². The molecule has 19 heavy (non-hydrogen) atoms. The lowest BCUT2D eigenvalue weighted by atomic mass is 9.99. The van der Waals surface area contributed by atoms with E-state index in [0.717, 1.165) is 43.3 Å². The molecule has 1 N–H and O–H groups in total. The van der Waals surface area contributed by atoms with Gasteiger partial charge in [-0.2, -0.15) is 0 Å². The Hall–Kier alpha value is -1.69. The van der Waals surface area contributed by atoms with Crippen molar-refractivity contribution in [1.29, 1.82) is 0 Å². The third-order valence-electron chi connectivity index (χ3n) is 3.58. The van der Waals surface area contributed by atoms with Crippen molar-refractivity contribution in [2.75, 3.05) is 31.2 Å². The summed E-state index contributed by atoms with van der Waals surface area (Å²) < 4.78 is 5.55. The summed E-state index contributed by atoms with van der Waals surface area (Å²) in [4.78, 5) is 18.2. The van der Waals surface area contributed by atoms with Crippen LogP contribution >= 0.6 is 0 Å². The van der Waals surface area contributed by atoms with E-state index >= 15 is 0 Å². The lowest BCUT2D eigenvalue weighted by molar-refractivity contribution is 0.104. The van der Waals surface area contributed by atoms with Gasteiger partial charge < -0.3 is 14.6 Å². The van der Waals surface area contributed by atoms with E-state index in [1.807, 2.05) is 6.92 Å². The molecule has 6 heteroatoms. The van der Waals surface area contributed by atoms with Gasteiger partial charge in [0, 0.05) is 19.7 Å². The Morgan fingerprint density at radius 3 is 3.26 bits per heavy atom. The van der Waals surface area contributed by atoms with Gasteiger partial charge in [-0.15, -0.1) is 0 Å². The van der Waals surface area contributed by atoms with Gasteiger partial charge in [0.15, 0.2) is 11.5 Å². The molecular formula is C13H19N5O. The highest BCUT2D eigenvalue weighted by atomic mass is 16.5. The Labute approximate surface area is 112 Å². The molecule has 1 fully saturated rings. The van der Waals surface area contributed by atoms with Gasteiger partial charge in [-0.1, -0.05) is 0 Å². The van der Waals surface area contributed by atoms with Crippen molar-refractivity contribution < 1.29 is 4.74 Å². The number of anilines is 1. The minimum absolute atomic E-state index is 0.585. The van der Waals surface area contributed by atoms with Gasteiger partial charge in [0.2, 0.25) is 0 Å². The normalized spacial score (nSPS) is 20.1. The molecule has 6 nitrogen and oxygen atoms in total. The van der Waals surface area contributed by atoms with Crippen molar-refractivity contribution in [1.82, 2.24) is 19.9 Å². The van der Waals surface area contributed by atoms with Crippen LogP contribution in [0.1, 0.15) is 19.8 Å². The van der Waals surface area contributed by atoms with E-state index in [1.165, 1.54) is 12.8 Å². The molecule has 3 rings (SSSR count). The first kappa shape index (κ1) is 12.3. The zero-order valence-electron chi connectivity index (χ0n) is 11.2. The summed E-state index contributed by atoms with van der Waals surface area (Å²) in [5, 5.41) is 0. The minimum atomic E-state index is 0.585. The van der Waals surface area contributed by atoms with Crippen LogP contribution in [0.3, 0.4) is 0 Å². The van der Waals surface area contributed by atoms with Crippen molar-refractivity contribution >= 4 is 17.0 Å². The number of hydrogen-bond donors (Lipinski definition) is 1. The minimum Gasteiger partial charge on any atom is -0.381 e. The molecule has 1 saturated heterocycles. The summed E-state index contributed by atoms with van der Waals surface area (Å²) in [7, 11) is 0. The first-order chi connectivity index (χ1) is 9.38. The van der Waals surface area contributed by atoms with Crippen LogP contribution in [0.5, 0.6) is 0 Å². The third kappa shape index (κ3) is 2.53. The molecule has 2 aromatic rings. The van der Waals surface area contributed by atoms with Crippen LogP contribution < -0.4 is 4.90 Å². The summed E-state index contributed by atoms with van der Waals surface area (Å²) in [6.45, 7) is 5.69. The predicted molar refractivity (Wildman–Crippen MR) is 73.1 cm³/mol.